The molecule has 0 spiro atoms. The first-order chi connectivity index (χ1) is 10.0. The second-order valence-corrected chi connectivity index (χ2v) is 5.51. The molecule has 0 fully saturated rings. The van der Waals surface area contributed by atoms with E-state index in [9.17, 15) is 9.18 Å². The summed E-state index contributed by atoms with van der Waals surface area (Å²) in [6.07, 6.45) is 0.197. The fourth-order valence-electron chi connectivity index (χ4n) is 1.67. The van der Waals surface area contributed by atoms with Crippen molar-refractivity contribution in [2.45, 2.75) is 6.42 Å². The topological polar surface area (TPSA) is 64.3 Å². The predicted octanol–water partition coefficient (Wildman–Crippen LogP) is 3.42. The molecule has 4 nitrogen and oxygen atoms in total. The first-order valence-electron chi connectivity index (χ1n) is 6.28. The van der Waals surface area contributed by atoms with Crippen molar-refractivity contribution in [1.82, 2.24) is 0 Å². The van der Waals surface area contributed by atoms with Gasteiger partial charge in [0.15, 0.2) is 0 Å². The van der Waals surface area contributed by atoms with E-state index in [1.165, 1.54) is 18.2 Å². The van der Waals surface area contributed by atoms with Gasteiger partial charge in [0.2, 0.25) is 5.91 Å². The molecule has 0 radical (unpaired) electrons. The molecule has 0 aliphatic carbocycles. The Labute approximate surface area is 135 Å². The van der Waals surface area contributed by atoms with Crippen molar-refractivity contribution in [3.8, 4) is 5.75 Å². The standard InChI is InChI=1S/C15H14FIN2O2/c16-10-4-5-14(13(17)8-10)19-15(20)6-7-21-12-3-1-2-11(18)9-12/h1-5,8-9H,6-7,18H2,(H,19,20). The zero-order valence-corrected chi connectivity index (χ0v) is 13.3. The number of benzene rings is 2. The molecular weight excluding hydrogens is 386 g/mol. The summed E-state index contributed by atoms with van der Waals surface area (Å²) in [4.78, 5) is 11.8. The molecule has 0 heterocycles. The number of anilines is 2. The second kappa shape index (κ2) is 7.26. The minimum absolute atomic E-state index is 0.191. The van der Waals surface area contributed by atoms with Crippen molar-refractivity contribution >= 4 is 39.9 Å². The summed E-state index contributed by atoms with van der Waals surface area (Å²) in [5.74, 6) is 0.102. The van der Waals surface area contributed by atoms with Gasteiger partial charge < -0.3 is 15.8 Å². The van der Waals surface area contributed by atoms with E-state index in [2.05, 4.69) is 5.32 Å². The largest absolute Gasteiger partial charge is 0.493 e. The average molecular weight is 400 g/mol. The van der Waals surface area contributed by atoms with Crippen LogP contribution in [0.25, 0.3) is 0 Å². The molecular formula is C15H14FIN2O2. The van der Waals surface area contributed by atoms with Gasteiger partial charge >= 0.3 is 0 Å². The third kappa shape index (κ3) is 4.89. The van der Waals surface area contributed by atoms with Crippen molar-refractivity contribution < 1.29 is 13.9 Å². The van der Waals surface area contributed by atoms with Crippen molar-refractivity contribution in [1.29, 1.82) is 0 Å². The lowest BCUT2D eigenvalue weighted by Gasteiger charge is -2.09. The van der Waals surface area contributed by atoms with Crippen LogP contribution in [0.3, 0.4) is 0 Å². The molecule has 2 aromatic carbocycles. The summed E-state index contributed by atoms with van der Waals surface area (Å²) in [6.45, 7) is 0.243. The number of carbonyl (C=O) groups excluding carboxylic acids is 1. The number of nitrogens with two attached hydrogens (primary N) is 1. The van der Waals surface area contributed by atoms with Gasteiger partial charge in [-0.05, 0) is 52.9 Å². The molecule has 0 aliphatic rings. The molecule has 0 aromatic heterocycles. The number of nitrogens with one attached hydrogen (secondary N) is 1. The molecule has 3 N–H and O–H groups in total. The third-order valence-corrected chi connectivity index (χ3v) is 3.55. The monoisotopic (exact) mass is 400 g/mol. The lowest BCUT2D eigenvalue weighted by Crippen LogP contribution is -2.16. The SMILES string of the molecule is Nc1cccc(OCCC(=O)Nc2ccc(F)cc2I)c1. The number of rotatable bonds is 5. The van der Waals surface area contributed by atoms with Gasteiger partial charge in [-0.15, -0.1) is 0 Å². The van der Waals surface area contributed by atoms with E-state index in [1.807, 2.05) is 22.6 Å². The van der Waals surface area contributed by atoms with E-state index in [0.717, 1.165) is 0 Å². The van der Waals surface area contributed by atoms with Crippen LogP contribution >= 0.6 is 22.6 Å². The minimum atomic E-state index is -0.331. The van der Waals surface area contributed by atoms with Crippen LogP contribution in [0.2, 0.25) is 0 Å². The highest BCUT2D eigenvalue weighted by Crippen LogP contribution is 2.19. The molecule has 2 rings (SSSR count). The quantitative estimate of drug-likeness (QED) is 0.597. The number of amides is 1. The Balaban J connectivity index is 1.82. The van der Waals surface area contributed by atoms with Gasteiger partial charge in [-0.2, -0.15) is 0 Å². The van der Waals surface area contributed by atoms with E-state index in [-0.39, 0.29) is 24.8 Å². The number of nitrogen functional groups attached to an aromatic ring is 1. The Morgan fingerprint density at radius 1 is 1.29 bits per heavy atom. The van der Waals surface area contributed by atoms with Gasteiger partial charge in [0.1, 0.15) is 11.6 Å². The first kappa shape index (κ1) is 15.6. The molecule has 0 aliphatic heterocycles. The fourth-order valence-corrected chi connectivity index (χ4v) is 2.28. The Bertz CT molecular complexity index is 649. The second-order valence-electron chi connectivity index (χ2n) is 4.34. The zero-order valence-electron chi connectivity index (χ0n) is 11.1. The summed E-state index contributed by atoms with van der Waals surface area (Å²) in [7, 11) is 0. The molecule has 0 saturated carbocycles. The Morgan fingerprint density at radius 2 is 2.10 bits per heavy atom. The van der Waals surface area contributed by atoms with Crippen LogP contribution in [-0.4, -0.2) is 12.5 Å². The zero-order chi connectivity index (χ0) is 15.2. The molecule has 0 saturated heterocycles. The predicted molar refractivity (Wildman–Crippen MR) is 88.7 cm³/mol. The normalized spacial score (nSPS) is 10.2. The number of hydrogen-bond donors (Lipinski definition) is 2. The average Bonchev–Trinajstić information content (AvgIpc) is 2.42. The Morgan fingerprint density at radius 3 is 2.81 bits per heavy atom. The number of halogens is 2. The van der Waals surface area contributed by atoms with Crippen LogP contribution in [-0.2, 0) is 4.79 Å². The molecule has 6 heteroatoms. The summed E-state index contributed by atoms with van der Waals surface area (Å²) >= 11 is 1.97. The lowest BCUT2D eigenvalue weighted by atomic mass is 10.3. The van der Waals surface area contributed by atoms with Crippen molar-refractivity contribution in [3.63, 3.8) is 0 Å². The van der Waals surface area contributed by atoms with Crippen molar-refractivity contribution in [2.75, 3.05) is 17.7 Å². The van der Waals surface area contributed by atoms with Crippen LogP contribution in [0, 0.1) is 9.39 Å². The smallest absolute Gasteiger partial charge is 0.227 e. The fraction of sp³-hybridized carbons (Fsp3) is 0.133. The van der Waals surface area contributed by atoms with Gasteiger partial charge in [-0.1, -0.05) is 6.07 Å². The highest BCUT2D eigenvalue weighted by Gasteiger charge is 2.07. The number of hydrogen-bond acceptors (Lipinski definition) is 3. The summed E-state index contributed by atoms with van der Waals surface area (Å²) < 4.78 is 19.1. The number of ether oxygens (including phenoxy) is 1. The Hall–Kier alpha value is -1.83. The maximum Gasteiger partial charge on any atom is 0.227 e. The van der Waals surface area contributed by atoms with E-state index in [0.29, 0.717) is 20.7 Å². The van der Waals surface area contributed by atoms with E-state index < -0.39 is 0 Å². The van der Waals surface area contributed by atoms with Gasteiger partial charge in [0.25, 0.3) is 0 Å². The van der Waals surface area contributed by atoms with Crippen LogP contribution in [0.5, 0.6) is 5.75 Å². The van der Waals surface area contributed by atoms with Crippen molar-refractivity contribution in [2.24, 2.45) is 0 Å². The molecule has 2 aromatic rings. The lowest BCUT2D eigenvalue weighted by molar-refractivity contribution is -0.116. The third-order valence-electron chi connectivity index (χ3n) is 2.66. The highest BCUT2D eigenvalue weighted by atomic mass is 127. The van der Waals surface area contributed by atoms with Crippen LogP contribution in [0.1, 0.15) is 6.42 Å². The van der Waals surface area contributed by atoms with Gasteiger partial charge in [-0.25, -0.2) is 4.39 Å². The van der Waals surface area contributed by atoms with E-state index in [1.54, 1.807) is 24.3 Å². The number of carbonyl (C=O) groups is 1. The molecule has 0 atom stereocenters. The maximum absolute atomic E-state index is 13.0. The van der Waals surface area contributed by atoms with Crippen LogP contribution < -0.4 is 15.8 Å². The van der Waals surface area contributed by atoms with Crippen LogP contribution in [0.15, 0.2) is 42.5 Å². The van der Waals surface area contributed by atoms with Gasteiger partial charge in [0.05, 0.1) is 18.7 Å². The van der Waals surface area contributed by atoms with E-state index >= 15 is 0 Å². The minimum Gasteiger partial charge on any atom is -0.493 e. The van der Waals surface area contributed by atoms with Gasteiger partial charge in [-0.3, -0.25) is 4.79 Å². The van der Waals surface area contributed by atoms with Crippen molar-refractivity contribution in [3.05, 3.63) is 51.9 Å². The maximum atomic E-state index is 13.0. The summed E-state index contributed by atoms with van der Waals surface area (Å²) in [6, 6.07) is 11.2. The molecule has 1 amide bonds. The van der Waals surface area contributed by atoms with Crippen LogP contribution in [0.4, 0.5) is 15.8 Å². The molecule has 0 bridgehead atoms. The molecule has 110 valence electrons. The Kier molecular flexibility index (Phi) is 5.38. The summed E-state index contributed by atoms with van der Waals surface area (Å²) in [5.41, 5.74) is 6.83. The molecule has 0 unspecified atom stereocenters. The summed E-state index contributed by atoms with van der Waals surface area (Å²) in [5, 5.41) is 2.72. The highest BCUT2D eigenvalue weighted by molar-refractivity contribution is 14.1. The van der Waals surface area contributed by atoms with E-state index in [4.69, 9.17) is 10.5 Å². The molecule has 21 heavy (non-hydrogen) atoms. The first-order valence-corrected chi connectivity index (χ1v) is 7.36. The van der Waals surface area contributed by atoms with Gasteiger partial charge in [0, 0.05) is 15.3 Å².